The molecule has 0 unspecified atom stereocenters. The van der Waals surface area contributed by atoms with Crippen molar-refractivity contribution in [1.82, 2.24) is 4.90 Å². The topological polar surface area (TPSA) is 26.7 Å². The van der Waals surface area contributed by atoms with Crippen LogP contribution in [0, 0.1) is 6.92 Å². The Kier molecular flexibility index (Phi) is 4.83. The number of rotatable bonds is 4. The first kappa shape index (κ1) is 14.4. The van der Waals surface area contributed by atoms with Gasteiger partial charge in [0.1, 0.15) is 0 Å². The highest BCUT2D eigenvalue weighted by molar-refractivity contribution is 5.55. The number of hydrogen-bond donors (Lipinski definition) is 1. The highest BCUT2D eigenvalue weighted by Crippen LogP contribution is 2.26. The van der Waals surface area contributed by atoms with E-state index in [0.29, 0.717) is 6.04 Å². The van der Waals surface area contributed by atoms with Crippen LogP contribution in [-0.2, 0) is 6.61 Å². The second kappa shape index (κ2) is 6.40. The number of anilines is 1. The molecule has 1 aliphatic rings. The van der Waals surface area contributed by atoms with E-state index in [1.165, 1.54) is 37.2 Å². The van der Waals surface area contributed by atoms with Crippen LogP contribution < -0.4 is 4.90 Å². The number of piperidine rings is 1. The molecule has 3 heteroatoms. The first-order valence-electron chi connectivity index (χ1n) is 7.31. The molecule has 0 bridgehead atoms. The van der Waals surface area contributed by atoms with Gasteiger partial charge in [-0.3, -0.25) is 0 Å². The van der Waals surface area contributed by atoms with E-state index in [2.05, 4.69) is 48.9 Å². The zero-order chi connectivity index (χ0) is 13.8. The molecule has 1 heterocycles. The van der Waals surface area contributed by atoms with Crippen LogP contribution in [0.2, 0.25) is 0 Å². The minimum absolute atomic E-state index is 0.120. The number of hydrogen-bond acceptors (Lipinski definition) is 3. The molecule has 1 aromatic rings. The van der Waals surface area contributed by atoms with Crippen LogP contribution >= 0.6 is 0 Å². The quantitative estimate of drug-likeness (QED) is 0.902. The summed E-state index contributed by atoms with van der Waals surface area (Å²) in [6.45, 7) is 7.95. The van der Waals surface area contributed by atoms with Gasteiger partial charge in [-0.25, -0.2) is 0 Å². The first-order valence-corrected chi connectivity index (χ1v) is 7.31. The molecule has 0 saturated carbocycles. The number of aryl methyl sites for hydroxylation is 1. The minimum atomic E-state index is 0.120. The minimum Gasteiger partial charge on any atom is -0.392 e. The van der Waals surface area contributed by atoms with Crippen LogP contribution in [0.25, 0.3) is 0 Å². The summed E-state index contributed by atoms with van der Waals surface area (Å²) in [6.07, 6.45) is 2.42. The van der Waals surface area contributed by atoms with Gasteiger partial charge in [0.25, 0.3) is 0 Å². The normalized spacial score (nSPS) is 17.7. The van der Waals surface area contributed by atoms with Crippen molar-refractivity contribution in [3.05, 3.63) is 29.3 Å². The number of benzene rings is 1. The van der Waals surface area contributed by atoms with E-state index in [1.807, 2.05) is 0 Å². The van der Waals surface area contributed by atoms with E-state index in [9.17, 15) is 5.11 Å². The van der Waals surface area contributed by atoms with Crippen LogP contribution in [0.15, 0.2) is 18.2 Å². The van der Waals surface area contributed by atoms with Gasteiger partial charge in [-0.15, -0.1) is 0 Å². The molecule has 1 saturated heterocycles. The zero-order valence-corrected chi connectivity index (χ0v) is 12.4. The molecule has 0 amide bonds. The van der Waals surface area contributed by atoms with E-state index in [0.717, 1.165) is 12.1 Å². The van der Waals surface area contributed by atoms with Crippen LogP contribution in [0.3, 0.4) is 0 Å². The van der Waals surface area contributed by atoms with Gasteiger partial charge >= 0.3 is 0 Å². The highest BCUT2D eigenvalue weighted by atomic mass is 16.3. The van der Waals surface area contributed by atoms with E-state index in [-0.39, 0.29) is 6.61 Å². The van der Waals surface area contributed by atoms with Crippen LogP contribution in [0.4, 0.5) is 5.69 Å². The third-order valence-electron chi connectivity index (χ3n) is 4.34. The lowest BCUT2D eigenvalue weighted by Crippen LogP contribution is -2.43. The van der Waals surface area contributed by atoms with Gasteiger partial charge < -0.3 is 14.9 Å². The molecule has 106 valence electrons. The fraction of sp³-hybridized carbons (Fsp3) is 0.625. The predicted octanol–water partition coefficient (Wildman–Crippen LogP) is 2.41. The molecule has 2 rings (SSSR count). The Morgan fingerprint density at radius 1 is 1.32 bits per heavy atom. The second-order valence-corrected chi connectivity index (χ2v) is 5.57. The highest BCUT2D eigenvalue weighted by Gasteiger charge is 2.22. The standard InChI is InChI=1S/C16H26N2O/c1-4-18-9-7-15(8-10-18)17(3)16-6-5-13(2)11-14(16)12-19/h5-6,11,15,19H,4,7-10,12H2,1-3H3. The molecule has 0 radical (unpaired) electrons. The summed E-state index contributed by atoms with van der Waals surface area (Å²) < 4.78 is 0. The Hall–Kier alpha value is -1.06. The number of likely N-dealkylation sites (tertiary alicyclic amines) is 1. The monoisotopic (exact) mass is 262 g/mol. The van der Waals surface area contributed by atoms with Crippen molar-refractivity contribution in [2.24, 2.45) is 0 Å². The van der Waals surface area contributed by atoms with Gasteiger partial charge in [-0.2, -0.15) is 0 Å². The van der Waals surface area contributed by atoms with Crippen LogP contribution in [0.5, 0.6) is 0 Å². The fourth-order valence-corrected chi connectivity index (χ4v) is 3.00. The Morgan fingerprint density at radius 3 is 2.58 bits per heavy atom. The maximum absolute atomic E-state index is 9.54. The molecular weight excluding hydrogens is 236 g/mol. The zero-order valence-electron chi connectivity index (χ0n) is 12.4. The first-order chi connectivity index (χ1) is 9.15. The summed E-state index contributed by atoms with van der Waals surface area (Å²) in [5.74, 6) is 0. The smallest absolute Gasteiger partial charge is 0.0702 e. The maximum Gasteiger partial charge on any atom is 0.0702 e. The van der Waals surface area contributed by atoms with Gasteiger partial charge in [-0.05, 0) is 32.4 Å². The van der Waals surface area contributed by atoms with Crippen molar-refractivity contribution in [3.8, 4) is 0 Å². The summed E-state index contributed by atoms with van der Waals surface area (Å²) in [6, 6.07) is 6.96. The van der Waals surface area contributed by atoms with Crippen molar-refractivity contribution in [3.63, 3.8) is 0 Å². The van der Waals surface area contributed by atoms with Gasteiger partial charge in [0.2, 0.25) is 0 Å². The SMILES string of the molecule is CCN1CCC(N(C)c2ccc(C)cc2CO)CC1. The molecule has 1 N–H and O–H groups in total. The number of aliphatic hydroxyl groups excluding tert-OH is 1. The molecule has 0 aromatic heterocycles. The van der Waals surface area contributed by atoms with Crippen molar-refractivity contribution in [2.75, 3.05) is 31.6 Å². The molecule has 3 nitrogen and oxygen atoms in total. The summed E-state index contributed by atoms with van der Waals surface area (Å²) in [5.41, 5.74) is 3.44. The van der Waals surface area contributed by atoms with Crippen molar-refractivity contribution < 1.29 is 5.11 Å². The summed E-state index contributed by atoms with van der Waals surface area (Å²) >= 11 is 0. The van der Waals surface area contributed by atoms with Gasteiger partial charge in [0, 0.05) is 37.4 Å². The molecule has 1 fully saturated rings. The molecule has 19 heavy (non-hydrogen) atoms. The summed E-state index contributed by atoms with van der Waals surface area (Å²) in [5, 5.41) is 9.54. The van der Waals surface area contributed by atoms with Gasteiger partial charge in [0.15, 0.2) is 0 Å². The van der Waals surface area contributed by atoms with Crippen molar-refractivity contribution >= 4 is 5.69 Å². The average molecular weight is 262 g/mol. The Balaban J connectivity index is 2.09. The lowest BCUT2D eigenvalue weighted by atomic mass is 10.0. The van der Waals surface area contributed by atoms with Gasteiger partial charge in [-0.1, -0.05) is 24.6 Å². The van der Waals surface area contributed by atoms with E-state index in [1.54, 1.807) is 0 Å². The molecular formula is C16H26N2O. The largest absolute Gasteiger partial charge is 0.392 e. The maximum atomic E-state index is 9.54. The summed E-state index contributed by atoms with van der Waals surface area (Å²) in [4.78, 5) is 4.87. The second-order valence-electron chi connectivity index (χ2n) is 5.57. The Morgan fingerprint density at radius 2 is 2.00 bits per heavy atom. The lowest BCUT2D eigenvalue weighted by Gasteiger charge is -2.38. The molecule has 0 atom stereocenters. The Labute approximate surface area is 116 Å². The molecule has 0 aliphatic carbocycles. The lowest BCUT2D eigenvalue weighted by molar-refractivity contribution is 0.220. The number of aliphatic hydroxyl groups is 1. The van der Waals surface area contributed by atoms with E-state index >= 15 is 0 Å². The fourth-order valence-electron chi connectivity index (χ4n) is 3.00. The van der Waals surface area contributed by atoms with Crippen molar-refractivity contribution in [1.29, 1.82) is 0 Å². The van der Waals surface area contributed by atoms with E-state index < -0.39 is 0 Å². The Bertz CT molecular complexity index is 411. The predicted molar refractivity (Wildman–Crippen MR) is 80.6 cm³/mol. The van der Waals surface area contributed by atoms with Gasteiger partial charge in [0.05, 0.1) is 6.61 Å². The molecule has 1 aromatic carbocycles. The average Bonchev–Trinajstić information content (AvgIpc) is 2.46. The van der Waals surface area contributed by atoms with Crippen LogP contribution in [-0.4, -0.2) is 42.7 Å². The van der Waals surface area contributed by atoms with Crippen molar-refractivity contribution in [2.45, 2.75) is 39.3 Å². The summed E-state index contributed by atoms with van der Waals surface area (Å²) in [7, 11) is 2.16. The molecule has 0 spiro atoms. The van der Waals surface area contributed by atoms with Crippen LogP contribution in [0.1, 0.15) is 30.9 Å². The number of nitrogens with zero attached hydrogens (tertiary/aromatic N) is 2. The third kappa shape index (κ3) is 3.28. The molecule has 1 aliphatic heterocycles. The third-order valence-corrected chi connectivity index (χ3v) is 4.34. The van der Waals surface area contributed by atoms with E-state index in [4.69, 9.17) is 0 Å².